The quantitative estimate of drug-likeness (QED) is 0.876. The van der Waals surface area contributed by atoms with Crippen LogP contribution in [0.2, 0.25) is 0 Å². The van der Waals surface area contributed by atoms with Gasteiger partial charge in [-0.25, -0.2) is 4.79 Å². The molecule has 2 amide bonds. The number of carbonyl (C=O) groups excluding carboxylic acids is 1. The summed E-state index contributed by atoms with van der Waals surface area (Å²) in [5, 5.41) is 2.73. The van der Waals surface area contributed by atoms with Gasteiger partial charge in [-0.15, -0.1) is 0 Å². The molecule has 0 saturated carbocycles. The van der Waals surface area contributed by atoms with Crippen molar-refractivity contribution in [3.05, 3.63) is 23.8 Å². The van der Waals surface area contributed by atoms with E-state index in [0.29, 0.717) is 0 Å². The fraction of sp³-hybridized carbons (Fsp3) is 0.650. The first-order valence-corrected chi connectivity index (χ1v) is 9.55. The summed E-state index contributed by atoms with van der Waals surface area (Å²) >= 11 is 0. The normalized spacial score (nSPS) is 21.7. The Balaban J connectivity index is 1.54. The number of ether oxygens (including phenoxy) is 2. The predicted octanol–water partition coefficient (Wildman–Crippen LogP) is 2.58. The van der Waals surface area contributed by atoms with Gasteiger partial charge < -0.3 is 19.7 Å². The van der Waals surface area contributed by atoms with Crippen LogP contribution in [0.25, 0.3) is 0 Å². The van der Waals surface area contributed by atoms with Crippen LogP contribution in [0.1, 0.15) is 24.8 Å². The molecule has 1 N–H and O–H groups in total. The Hall–Kier alpha value is -1.95. The van der Waals surface area contributed by atoms with Crippen LogP contribution in [0.15, 0.2) is 18.2 Å². The van der Waals surface area contributed by atoms with Gasteiger partial charge in [-0.05, 0) is 43.7 Å². The molecule has 1 aromatic rings. The van der Waals surface area contributed by atoms with Gasteiger partial charge >= 0.3 is 6.03 Å². The van der Waals surface area contributed by atoms with Crippen LogP contribution < -0.4 is 14.8 Å². The van der Waals surface area contributed by atoms with Crippen molar-refractivity contribution in [2.24, 2.45) is 11.8 Å². The summed E-state index contributed by atoms with van der Waals surface area (Å²) in [5.74, 6) is 3.10. The Kier molecular flexibility index (Phi) is 6.25. The van der Waals surface area contributed by atoms with Crippen LogP contribution in [0.4, 0.5) is 4.79 Å². The molecular weight excluding hydrogens is 330 g/mol. The van der Waals surface area contributed by atoms with Gasteiger partial charge in [-0.2, -0.15) is 0 Å². The lowest BCUT2D eigenvalue weighted by atomic mass is 9.84. The summed E-state index contributed by atoms with van der Waals surface area (Å²) in [4.78, 5) is 16.2. The number of nitrogens with one attached hydrogen (secondary N) is 1. The largest absolute Gasteiger partial charge is 0.493 e. The van der Waals surface area contributed by atoms with Crippen LogP contribution in [0, 0.1) is 11.8 Å². The second kappa shape index (κ2) is 8.62. The highest BCUT2D eigenvalue weighted by molar-refractivity contribution is 5.73. The van der Waals surface area contributed by atoms with Crippen LogP contribution in [-0.2, 0) is 6.54 Å². The summed E-state index contributed by atoms with van der Waals surface area (Å²) in [5.41, 5.74) is 1.18. The van der Waals surface area contributed by atoms with E-state index in [9.17, 15) is 4.79 Å². The molecule has 144 valence electrons. The average molecular weight is 361 g/mol. The molecule has 0 bridgehead atoms. The number of hydrogen-bond acceptors (Lipinski definition) is 4. The number of hydrogen-bond donors (Lipinski definition) is 1. The first-order valence-electron chi connectivity index (χ1n) is 9.55. The molecule has 6 heteroatoms. The monoisotopic (exact) mass is 361 g/mol. The molecule has 2 aliphatic rings. The smallest absolute Gasteiger partial charge is 0.317 e. The molecule has 0 aliphatic carbocycles. The van der Waals surface area contributed by atoms with Crippen molar-refractivity contribution in [2.75, 3.05) is 47.4 Å². The van der Waals surface area contributed by atoms with Crippen molar-refractivity contribution in [1.29, 1.82) is 0 Å². The molecule has 1 atom stereocenters. The van der Waals surface area contributed by atoms with Gasteiger partial charge in [-0.3, -0.25) is 4.90 Å². The second-order valence-electron chi connectivity index (χ2n) is 7.32. The van der Waals surface area contributed by atoms with Crippen LogP contribution in [0.5, 0.6) is 11.5 Å². The summed E-state index contributed by atoms with van der Waals surface area (Å²) in [6.45, 7) is 4.91. The zero-order valence-corrected chi connectivity index (χ0v) is 16.2. The SMILES string of the molecule is CNC(=O)N1CCC(C2CCN(Cc3cccc(OC)c3OC)C2)CC1. The minimum atomic E-state index is 0.0571. The topological polar surface area (TPSA) is 54.0 Å². The molecule has 0 spiro atoms. The second-order valence-corrected chi connectivity index (χ2v) is 7.32. The van der Waals surface area contributed by atoms with Gasteiger partial charge in [0.15, 0.2) is 11.5 Å². The average Bonchev–Trinajstić information content (AvgIpc) is 3.15. The van der Waals surface area contributed by atoms with Gasteiger partial charge in [-0.1, -0.05) is 12.1 Å². The van der Waals surface area contributed by atoms with E-state index in [4.69, 9.17) is 9.47 Å². The Morgan fingerprint density at radius 3 is 2.50 bits per heavy atom. The third-order valence-electron chi connectivity index (χ3n) is 5.89. The van der Waals surface area contributed by atoms with E-state index in [2.05, 4.69) is 16.3 Å². The number of benzene rings is 1. The standard InChI is InChI=1S/C20H31N3O3/c1-21-20(24)23-11-8-15(9-12-23)16-7-10-22(13-16)14-17-5-4-6-18(25-2)19(17)26-3/h4-6,15-16H,7-14H2,1-3H3,(H,21,24). The maximum absolute atomic E-state index is 11.7. The first kappa shape index (κ1) is 18.8. The van der Waals surface area contributed by atoms with Gasteiger partial charge in [0.2, 0.25) is 0 Å². The van der Waals surface area contributed by atoms with Gasteiger partial charge in [0, 0.05) is 38.8 Å². The summed E-state index contributed by atoms with van der Waals surface area (Å²) in [6.07, 6.45) is 3.49. The summed E-state index contributed by atoms with van der Waals surface area (Å²) < 4.78 is 11.0. The highest BCUT2D eigenvalue weighted by atomic mass is 16.5. The lowest BCUT2D eigenvalue weighted by Crippen LogP contribution is -2.44. The molecule has 26 heavy (non-hydrogen) atoms. The lowest BCUT2D eigenvalue weighted by Gasteiger charge is -2.34. The lowest BCUT2D eigenvalue weighted by molar-refractivity contribution is 0.150. The Morgan fingerprint density at radius 2 is 1.85 bits per heavy atom. The maximum Gasteiger partial charge on any atom is 0.317 e. The van der Waals surface area contributed by atoms with E-state index in [-0.39, 0.29) is 6.03 Å². The van der Waals surface area contributed by atoms with E-state index in [0.717, 1.165) is 68.9 Å². The maximum atomic E-state index is 11.7. The number of nitrogens with zero attached hydrogens (tertiary/aromatic N) is 2. The Labute approximate surface area is 156 Å². The van der Waals surface area contributed by atoms with Gasteiger partial charge in [0.25, 0.3) is 0 Å². The molecule has 1 aromatic carbocycles. The fourth-order valence-corrected chi connectivity index (χ4v) is 4.44. The minimum Gasteiger partial charge on any atom is -0.493 e. The van der Waals surface area contributed by atoms with E-state index in [1.165, 1.54) is 12.0 Å². The van der Waals surface area contributed by atoms with Crippen LogP contribution in [-0.4, -0.2) is 63.3 Å². The highest BCUT2D eigenvalue weighted by Gasteiger charge is 2.33. The predicted molar refractivity (Wildman–Crippen MR) is 102 cm³/mol. The Bertz CT molecular complexity index is 614. The van der Waals surface area contributed by atoms with Crippen LogP contribution >= 0.6 is 0 Å². The van der Waals surface area contributed by atoms with E-state index in [1.807, 2.05) is 17.0 Å². The zero-order valence-electron chi connectivity index (χ0n) is 16.2. The van der Waals surface area contributed by atoms with E-state index < -0.39 is 0 Å². The Morgan fingerprint density at radius 1 is 1.12 bits per heavy atom. The number of urea groups is 1. The molecule has 0 aromatic heterocycles. The van der Waals surface area contributed by atoms with Crippen molar-refractivity contribution in [3.63, 3.8) is 0 Å². The molecule has 2 aliphatic heterocycles. The number of piperidine rings is 1. The van der Waals surface area contributed by atoms with Crippen molar-refractivity contribution in [2.45, 2.75) is 25.8 Å². The minimum absolute atomic E-state index is 0.0571. The summed E-state index contributed by atoms with van der Waals surface area (Å²) in [6, 6.07) is 6.14. The van der Waals surface area contributed by atoms with E-state index in [1.54, 1.807) is 21.3 Å². The number of methoxy groups -OCH3 is 2. The fourth-order valence-electron chi connectivity index (χ4n) is 4.44. The first-order chi connectivity index (χ1) is 12.7. The number of carbonyl (C=O) groups is 1. The number of rotatable bonds is 5. The number of para-hydroxylation sites is 1. The van der Waals surface area contributed by atoms with E-state index >= 15 is 0 Å². The third kappa shape index (κ3) is 4.06. The third-order valence-corrected chi connectivity index (χ3v) is 5.89. The molecule has 2 saturated heterocycles. The molecule has 1 unspecified atom stereocenters. The number of amides is 2. The van der Waals surface area contributed by atoms with Gasteiger partial charge in [0.05, 0.1) is 14.2 Å². The van der Waals surface area contributed by atoms with Crippen molar-refractivity contribution in [1.82, 2.24) is 15.1 Å². The molecule has 3 rings (SSSR count). The van der Waals surface area contributed by atoms with Crippen molar-refractivity contribution in [3.8, 4) is 11.5 Å². The van der Waals surface area contributed by atoms with Gasteiger partial charge in [0.1, 0.15) is 0 Å². The van der Waals surface area contributed by atoms with Crippen LogP contribution in [0.3, 0.4) is 0 Å². The molecule has 0 radical (unpaired) electrons. The zero-order chi connectivity index (χ0) is 18.5. The highest BCUT2D eigenvalue weighted by Crippen LogP contribution is 2.35. The molecule has 2 fully saturated rings. The number of likely N-dealkylation sites (tertiary alicyclic amines) is 2. The molecular formula is C20H31N3O3. The van der Waals surface area contributed by atoms with Crippen molar-refractivity contribution >= 4 is 6.03 Å². The molecule has 2 heterocycles. The molecule has 6 nitrogen and oxygen atoms in total. The summed E-state index contributed by atoms with van der Waals surface area (Å²) in [7, 11) is 5.09. The van der Waals surface area contributed by atoms with Crippen molar-refractivity contribution < 1.29 is 14.3 Å².